The van der Waals surface area contributed by atoms with Crippen LogP contribution in [-0.2, 0) is 20.7 Å². The van der Waals surface area contributed by atoms with E-state index in [0.29, 0.717) is 22.0 Å². The Balaban J connectivity index is 1.69. The number of nitrogens with one attached hydrogen (secondary N) is 1. The third-order valence-corrected chi connectivity index (χ3v) is 9.44. The second-order valence-electron chi connectivity index (χ2n) is 8.82. The fourth-order valence-electron chi connectivity index (χ4n) is 4.54. The first-order valence-corrected chi connectivity index (χ1v) is 14.5. The van der Waals surface area contributed by atoms with Crippen LogP contribution < -0.4 is 9.67 Å². The average molecular weight is 578 g/mol. The van der Waals surface area contributed by atoms with Gasteiger partial charge in [-0.1, -0.05) is 0 Å². The molecule has 0 heterocycles. The van der Waals surface area contributed by atoms with Crippen molar-refractivity contribution in [2.24, 2.45) is 5.41 Å². The summed E-state index contributed by atoms with van der Waals surface area (Å²) in [6.07, 6.45) is 7.30. The van der Waals surface area contributed by atoms with Gasteiger partial charge in [-0.3, -0.25) is 0 Å². The van der Waals surface area contributed by atoms with Gasteiger partial charge in [0.2, 0.25) is 0 Å². The van der Waals surface area contributed by atoms with Crippen molar-refractivity contribution in [1.82, 2.24) is 5.32 Å². The molecule has 186 valence electrons. The Morgan fingerprint density at radius 1 is 1.11 bits per heavy atom. The summed E-state index contributed by atoms with van der Waals surface area (Å²) in [5, 5.41) is 3.67. The molecular weight excluding hydrogens is 548 g/mol. The summed E-state index contributed by atoms with van der Waals surface area (Å²) in [7, 11) is 1.32. The van der Waals surface area contributed by atoms with E-state index < -0.39 is 33.2 Å². The van der Waals surface area contributed by atoms with E-state index in [1.165, 1.54) is 7.11 Å². The maximum absolute atomic E-state index is 13.3. The zero-order valence-electron chi connectivity index (χ0n) is 19.7. The second kappa shape index (κ2) is 12.8. The number of allylic oxidation sites excluding steroid dienone is 1. The molecular formula is C27H30AsCl2NO4. The van der Waals surface area contributed by atoms with Crippen molar-refractivity contribution in [3.63, 3.8) is 0 Å². The van der Waals surface area contributed by atoms with Crippen molar-refractivity contribution >= 4 is 59.8 Å². The third kappa shape index (κ3) is 7.00. The molecule has 2 aromatic rings. The van der Waals surface area contributed by atoms with Gasteiger partial charge in [0, 0.05) is 0 Å². The summed E-state index contributed by atoms with van der Waals surface area (Å²) in [6, 6.07) is 11.8. The van der Waals surface area contributed by atoms with Gasteiger partial charge in [0.1, 0.15) is 0 Å². The van der Waals surface area contributed by atoms with Crippen LogP contribution in [0, 0.1) is 5.41 Å². The Hall–Kier alpha value is -2.07. The summed E-state index contributed by atoms with van der Waals surface area (Å²) in [6.45, 7) is 3.78. The molecule has 0 bridgehead atoms. The Labute approximate surface area is 223 Å². The van der Waals surface area contributed by atoms with E-state index in [2.05, 4.69) is 11.9 Å². The van der Waals surface area contributed by atoms with Crippen LogP contribution in [0.1, 0.15) is 54.4 Å². The first-order chi connectivity index (χ1) is 16.8. The number of halogens is 2. The summed E-state index contributed by atoms with van der Waals surface area (Å²) in [4.78, 5) is 38.5. The molecule has 1 aliphatic rings. The Morgan fingerprint density at radius 2 is 1.74 bits per heavy atom. The molecule has 1 amide bonds. The number of hydrogen-bond donors (Lipinski definition) is 1. The molecule has 2 aromatic carbocycles. The monoisotopic (exact) mass is 577 g/mol. The van der Waals surface area contributed by atoms with Gasteiger partial charge in [-0.2, -0.15) is 0 Å². The van der Waals surface area contributed by atoms with Gasteiger partial charge >= 0.3 is 217 Å². The number of rotatable bonds is 11. The zero-order valence-corrected chi connectivity index (χ0v) is 23.4. The number of hydrogen-bond acceptors (Lipinski definition) is 4. The van der Waals surface area contributed by atoms with Crippen molar-refractivity contribution < 1.29 is 19.1 Å². The molecule has 1 saturated carbocycles. The fourth-order valence-corrected chi connectivity index (χ4v) is 7.51. The Morgan fingerprint density at radius 3 is 2.31 bits per heavy atom. The predicted octanol–water partition coefficient (Wildman–Crippen LogP) is 4.62. The summed E-state index contributed by atoms with van der Waals surface area (Å²) in [5.41, 5.74) is 0.784. The summed E-state index contributed by atoms with van der Waals surface area (Å²) in [5.74, 6) is -0.561. The van der Waals surface area contributed by atoms with Crippen molar-refractivity contribution in [3.8, 4) is 0 Å². The van der Waals surface area contributed by atoms with E-state index in [1.807, 2.05) is 30.3 Å². The molecule has 3 rings (SSSR count). The van der Waals surface area contributed by atoms with Crippen LogP contribution in [0.15, 0.2) is 55.1 Å². The standard InChI is InChI=1S/C27H30AsCl2NO4/c1-3-4-14-27(15-5-6-16-27)26(34)31-22(25(33)35-2)17-18-10-12-19(13-11-18)28-24(32)23-20(29)8-7-9-21(23)30/h3,7-13,22,28H,1,4-6,14-17H2,2H3,(H,31,34)/t22-/m0/s1. The number of esters is 1. The maximum atomic E-state index is 13.3. The van der Waals surface area contributed by atoms with Crippen LogP contribution in [-0.4, -0.2) is 45.4 Å². The van der Waals surface area contributed by atoms with Crippen LogP contribution in [0.5, 0.6) is 0 Å². The SMILES string of the molecule is C=CCCC1(C(=O)N[C@@H](Cc2ccc([AsH]C(=O)c3c(Cl)cccc3Cl)cc2)C(=O)OC)CCCC1. The van der Waals surface area contributed by atoms with Gasteiger partial charge in [-0.15, -0.1) is 6.58 Å². The third-order valence-electron chi connectivity index (χ3n) is 6.50. The van der Waals surface area contributed by atoms with Crippen LogP contribution in [0.2, 0.25) is 10.0 Å². The average Bonchev–Trinajstić information content (AvgIpc) is 3.33. The molecule has 1 fully saturated rings. The van der Waals surface area contributed by atoms with Gasteiger partial charge < -0.3 is 0 Å². The zero-order chi connectivity index (χ0) is 25.4. The van der Waals surface area contributed by atoms with Crippen LogP contribution >= 0.6 is 23.2 Å². The fraction of sp³-hybridized carbons (Fsp3) is 0.370. The van der Waals surface area contributed by atoms with Gasteiger partial charge in [0.15, 0.2) is 0 Å². The van der Waals surface area contributed by atoms with E-state index >= 15 is 0 Å². The second-order valence-corrected chi connectivity index (χ2v) is 12.3. The topological polar surface area (TPSA) is 72.5 Å². The quantitative estimate of drug-likeness (QED) is 0.240. The molecule has 5 nitrogen and oxygen atoms in total. The molecule has 1 unspecified atom stereocenters. The van der Waals surface area contributed by atoms with Gasteiger partial charge in [0.25, 0.3) is 0 Å². The van der Waals surface area contributed by atoms with Crippen molar-refractivity contribution in [2.45, 2.75) is 51.0 Å². The van der Waals surface area contributed by atoms with E-state index in [1.54, 1.807) is 18.2 Å². The number of amides is 1. The molecule has 0 aromatic heterocycles. The van der Waals surface area contributed by atoms with Crippen molar-refractivity contribution in [2.75, 3.05) is 7.11 Å². The summed E-state index contributed by atoms with van der Waals surface area (Å²) < 4.78 is 5.85. The van der Waals surface area contributed by atoms with Crippen LogP contribution in [0.3, 0.4) is 0 Å². The molecule has 0 saturated heterocycles. The van der Waals surface area contributed by atoms with Crippen LogP contribution in [0.25, 0.3) is 0 Å². The van der Waals surface area contributed by atoms with E-state index in [9.17, 15) is 14.4 Å². The normalized spacial score (nSPS) is 15.6. The first kappa shape index (κ1) is 27.5. The molecule has 35 heavy (non-hydrogen) atoms. The van der Waals surface area contributed by atoms with Gasteiger partial charge in [-0.05, 0) is 0 Å². The molecule has 1 aliphatic carbocycles. The predicted molar refractivity (Wildman–Crippen MR) is 142 cm³/mol. The minimum absolute atomic E-state index is 0.0468. The Kier molecular flexibility index (Phi) is 10.0. The van der Waals surface area contributed by atoms with Gasteiger partial charge in [-0.25, -0.2) is 0 Å². The molecule has 0 radical (unpaired) electrons. The number of methoxy groups -OCH3 is 1. The number of carbonyl (C=O) groups excluding carboxylic acids is 3. The van der Waals surface area contributed by atoms with E-state index in [0.717, 1.165) is 48.4 Å². The first-order valence-electron chi connectivity index (χ1n) is 11.6. The van der Waals surface area contributed by atoms with Crippen molar-refractivity contribution in [3.05, 3.63) is 76.3 Å². The molecule has 0 aliphatic heterocycles. The molecule has 0 spiro atoms. The molecule has 2 atom stereocenters. The summed E-state index contributed by atoms with van der Waals surface area (Å²) >= 11 is 11.2. The number of benzene rings is 2. The van der Waals surface area contributed by atoms with Crippen molar-refractivity contribution in [1.29, 1.82) is 0 Å². The van der Waals surface area contributed by atoms with Crippen LogP contribution in [0.4, 0.5) is 0 Å². The molecule has 8 heteroatoms. The van der Waals surface area contributed by atoms with Gasteiger partial charge in [0.05, 0.1) is 0 Å². The Bertz CT molecular complexity index is 1060. The van der Waals surface area contributed by atoms with E-state index in [4.69, 9.17) is 27.9 Å². The minimum atomic E-state index is -1.17. The van der Waals surface area contributed by atoms with E-state index in [-0.39, 0.29) is 10.5 Å². The number of ether oxygens (including phenoxy) is 1. The molecule has 1 N–H and O–H groups in total. The number of carbonyl (C=O) groups is 3.